The van der Waals surface area contributed by atoms with Gasteiger partial charge in [-0.3, -0.25) is 9.69 Å². The Kier molecular flexibility index (Phi) is 3.58. The molecule has 1 aromatic carbocycles. The van der Waals surface area contributed by atoms with E-state index in [0.717, 1.165) is 37.2 Å². The topological polar surface area (TPSA) is 54.6 Å². The largest absolute Gasteiger partial charge is 0.497 e. The SMILES string of the molecule is COc1ccc2[nH]cc(C3=CCN([C@@H]4CCOC4=O)CC3)c2c1. The first-order valence-electron chi connectivity index (χ1n) is 8.01. The molecule has 1 saturated heterocycles. The van der Waals surface area contributed by atoms with Crippen LogP contribution in [-0.4, -0.2) is 48.7 Å². The number of fused-ring (bicyclic) bond motifs is 1. The Morgan fingerprint density at radius 1 is 1.39 bits per heavy atom. The predicted octanol–water partition coefficient (Wildman–Crippen LogP) is 2.58. The van der Waals surface area contributed by atoms with Gasteiger partial charge in [-0.25, -0.2) is 0 Å². The van der Waals surface area contributed by atoms with E-state index in [1.165, 1.54) is 16.5 Å². The smallest absolute Gasteiger partial charge is 0.323 e. The first kappa shape index (κ1) is 14.3. The fourth-order valence-electron chi connectivity index (χ4n) is 3.52. The van der Waals surface area contributed by atoms with E-state index in [-0.39, 0.29) is 12.0 Å². The van der Waals surface area contributed by atoms with Crippen LogP contribution in [-0.2, 0) is 9.53 Å². The fraction of sp³-hybridized carbons (Fsp3) is 0.389. The number of esters is 1. The molecule has 0 bridgehead atoms. The number of hydrogen-bond donors (Lipinski definition) is 1. The number of nitrogens with one attached hydrogen (secondary N) is 1. The first-order chi connectivity index (χ1) is 11.3. The summed E-state index contributed by atoms with van der Waals surface area (Å²) in [5, 5.41) is 1.18. The summed E-state index contributed by atoms with van der Waals surface area (Å²) < 4.78 is 10.4. The molecule has 0 radical (unpaired) electrons. The van der Waals surface area contributed by atoms with Crippen molar-refractivity contribution >= 4 is 22.4 Å². The molecule has 1 fully saturated rings. The fourth-order valence-corrected chi connectivity index (χ4v) is 3.52. The second kappa shape index (κ2) is 5.74. The molecule has 0 saturated carbocycles. The highest BCUT2D eigenvalue weighted by molar-refractivity contribution is 5.93. The Balaban J connectivity index is 1.59. The van der Waals surface area contributed by atoms with Crippen LogP contribution in [0.3, 0.4) is 0 Å². The van der Waals surface area contributed by atoms with Gasteiger partial charge in [0.15, 0.2) is 0 Å². The van der Waals surface area contributed by atoms with Gasteiger partial charge in [-0.15, -0.1) is 0 Å². The minimum Gasteiger partial charge on any atom is -0.497 e. The van der Waals surface area contributed by atoms with Crippen molar-refractivity contribution in [1.29, 1.82) is 0 Å². The molecule has 5 nitrogen and oxygen atoms in total. The van der Waals surface area contributed by atoms with Crippen LogP contribution in [0, 0.1) is 0 Å². The van der Waals surface area contributed by atoms with Gasteiger partial charge < -0.3 is 14.5 Å². The predicted molar refractivity (Wildman–Crippen MR) is 88.4 cm³/mol. The molecule has 0 spiro atoms. The lowest BCUT2D eigenvalue weighted by Crippen LogP contribution is -2.41. The summed E-state index contributed by atoms with van der Waals surface area (Å²) in [4.78, 5) is 17.3. The van der Waals surface area contributed by atoms with Crippen LogP contribution in [0.5, 0.6) is 5.75 Å². The molecule has 1 N–H and O–H groups in total. The molecule has 23 heavy (non-hydrogen) atoms. The average Bonchev–Trinajstić information content (AvgIpc) is 3.20. The van der Waals surface area contributed by atoms with E-state index in [0.29, 0.717) is 6.61 Å². The molecule has 1 atom stereocenters. The number of nitrogens with zero attached hydrogens (tertiary/aromatic N) is 1. The molecular formula is C18H20N2O3. The number of aromatic amines is 1. The van der Waals surface area contributed by atoms with Gasteiger partial charge in [0.25, 0.3) is 0 Å². The van der Waals surface area contributed by atoms with E-state index in [1.807, 2.05) is 12.1 Å². The van der Waals surface area contributed by atoms with Crippen molar-refractivity contribution in [3.63, 3.8) is 0 Å². The summed E-state index contributed by atoms with van der Waals surface area (Å²) in [6, 6.07) is 6.02. The summed E-state index contributed by atoms with van der Waals surface area (Å²) in [7, 11) is 1.69. The molecule has 120 valence electrons. The molecule has 3 heterocycles. The third kappa shape index (κ3) is 2.51. The lowest BCUT2D eigenvalue weighted by Gasteiger charge is -2.29. The maximum Gasteiger partial charge on any atom is 0.323 e. The maximum atomic E-state index is 11.7. The van der Waals surface area contributed by atoms with E-state index in [2.05, 4.69) is 28.2 Å². The monoisotopic (exact) mass is 312 g/mol. The standard InChI is InChI=1S/C18H20N2O3/c1-22-13-2-3-16-14(10-13)15(11-19-16)12-4-7-20(8-5-12)17-6-9-23-18(17)21/h2-4,10-11,17,19H,5-9H2,1H3/t17-/m1/s1. The number of benzene rings is 1. The Bertz CT molecular complexity index is 778. The normalized spacial score (nSPS) is 22.2. The van der Waals surface area contributed by atoms with Gasteiger partial charge in [0, 0.05) is 42.2 Å². The molecule has 2 aromatic rings. The van der Waals surface area contributed by atoms with Crippen LogP contribution >= 0.6 is 0 Å². The molecule has 1 aromatic heterocycles. The van der Waals surface area contributed by atoms with Crippen molar-refractivity contribution in [2.75, 3.05) is 26.8 Å². The van der Waals surface area contributed by atoms with Gasteiger partial charge in [-0.05, 0) is 30.2 Å². The average molecular weight is 312 g/mol. The van der Waals surface area contributed by atoms with Gasteiger partial charge in [0.1, 0.15) is 11.8 Å². The highest BCUT2D eigenvalue weighted by Crippen LogP contribution is 2.32. The molecular weight excluding hydrogens is 292 g/mol. The number of carbonyl (C=O) groups is 1. The van der Waals surface area contributed by atoms with E-state index in [1.54, 1.807) is 7.11 Å². The van der Waals surface area contributed by atoms with Crippen LogP contribution in [0.15, 0.2) is 30.5 Å². The van der Waals surface area contributed by atoms with Gasteiger partial charge in [0.05, 0.1) is 13.7 Å². The summed E-state index contributed by atoms with van der Waals surface area (Å²) in [5.41, 5.74) is 3.67. The van der Waals surface area contributed by atoms with Crippen molar-refractivity contribution in [2.24, 2.45) is 0 Å². The molecule has 2 aliphatic rings. The van der Waals surface area contributed by atoms with Gasteiger partial charge >= 0.3 is 5.97 Å². The van der Waals surface area contributed by atoms with Crippen molar-refractivity contribution in [3.05, 3.63) is 36.0 Å². The Hall–Kier alpha value is -2.27. The quantitative estimate of drug-likeness (QED) is 0.885. The van der Waals surface area contributed by atoms with E-state index in [4.69, 9.17) is 9.47 Å². The summed E-state index contributed by atoms with van der Waals surface area (Å²) in [6.45, 7) is 2.24. The highest BCUT2D eigenvalue weighted by Gasteiger charge is 2.33. The summed E-state index contributed by atoms with van der Waals surface area (Å²) >= 11 is 0. The zero-order valence-corrected chi connectivity index (χ0v) is 13.2. The zero-order valence-electron chi connectivity index (χ0n) is 13.2. The van der Waals surface area contributed by atoms with Crippen LogP contribution in [0.1, 0.15) is 18.4 Å². The number of methoxy groups -OCH3 is 1. The molecule has 0 amide bonds. The maximum absolute atomic E-state index is 11.7. The number of H-pyrrole nitrogens is 1. The molecule has 5 heteroatoms. The van der Waals surface area contributed by atoms with Crippen LogP contribution in [0.25, 0.3) is 16.5 Å². The number of carbonyl (C=O) groups excluding carboxylic acids is 1. The Morgan fingerprint density at radius 2 is 2.30 bits per heavy atom. The third-order valence-electron chi connectivity index (χ3n) is 4.82. The number of ether oxygens (including phenoxy) is 2. The van der Waals surface area contributed by atoms with Gasteiger partial charge in [-0.1, -0.05) is 6.08 Å². The molecule has 2 aliphatic heterocycles. The minimum atomic E-state index is -0.0707. The summed E-state index contributed by atoms with van der Waals surface area (Å²) in [6.07, 6.45) is 6.05. The number of hydrogen-bond acceptors (Lipinski definition) is 4. The second-order valence-electron chi connectivity index (χ2n) is 6.06. The number of aromatic nitrogens is 1. The van der Waals surface area contributed by atoms with Gasteiger partial charge in [0.2, 0.25) is 0 Å². The highest BCUT2D eigenvalue weighted by atomic mass is 16.5. The first-order valence-corrected chi connectivity index (χ1v) is 8.01. The van der Waals surface area contributed by atoms with E-state index >= 15 is 0 Å². The van der Waals surface area contributed by atoms with E-state index in [9.17, 15) is 4.79 Å². The number of cyclic esters (lactones) is 1. The van der Waals surface area contributed by atoms with Crippen LogP contribution < -0.4 is 4.74 Å². The van der Waals surface area contributed by atoms with Crippen molar-refractivity contribution in [3.8, 4) is 5.75 Å². The molecule has 0 unspecified atom stereocenters. The van der Waals surface area contributed by atoms with Gasteiger partial charge in [-0.2, -0.15) is 0 Å². The zero-order chi connectivity index (χ0) is 15.8. The lowest BCUT2D eigenvalue weighted by atomic mass is 9.98. The second-order valence-corrected chi connectivity index (χ2v) is 6.06. The van der Waals surface area contributed by atoms with Crippen molar-refractivity contribution in [1.82, 2.24) is 9.88 Å². The molecule has 0 aliphatic carbocycles. The van der Waals surface area contributed by atoms with Crippen LogP contribution in [0.4, 0.5) is 0 Å². The van der Waals surface area contributed by atoms with Crippen LogP contribution in [0.2, 0.25) is 0 Å². The third-order valence-corrected chi connectivity index (χ3v) is 4.82. The van der Waals surface area contributed by atoms with Crippen molar-refractivity contribution in [2.45, 2.75) is 18.9 Å². The Labute approximate surface area is 134 Å². The lowest BCUT2D eigenvalue weighted by molar-refractivity contribution is -0.142. The summed E-state index contributed by atoms with van der Waals surface area (Å²) in [5.74, 6) is 0.795. The molecule has 4 rings (SSSR count). The Morgan fingerprint density at radius 3 is 3.00 bits per heavy atom. The minimum absolute atomic E-state index is 0.0594. The van der Waals surface area contributed by atoms with Crippen molar-refractivity contribution < 1.29 is 14.3 Å². The number of rotatable bonds is 3. The van der Waals surface area contributed by atoms with E-state index < -0.39 is 0 Å².